The van der Waals surface area contributed by atoms with Gasteiger partial charge >= 0.3 is 11.9 Å². The summed E-state index contributed by atoms with van der Waals surface area (Å²) in [6.45, 7) is 11.9. The molecule has 0 aromatic carbocycles. The van der Waals surface area contributed by atoms with Gasteiger partial charge in [0.05, 0.1) is 60.3 Å². The molecule has 2 aliphatic heterocycles. The minimum absolute atomic E-state index is 0.0628. The van der Waals surface area contributed by atoms with Crippen LogP contribution in [0.5, 0.6) is 11.8 Å². The van der Waals surface area contributed by atoms with Crippen LogP contribution < -0.4 is 30.7 Å². The molecule has 8 N–H and O–H groups in total. The lowest BCUT2D eigenvalue weighted by Crippen LogP contribution is -2.48. The molecule has 0 radical (unpaired) electrons. The topological polar surface area (TPSA) is 278 Å². The monoisotopic (exact) mass is 950 g/mol. The second kappa shape index (κ2) is 21.9. The Kier molecular flexibility index (Phi) is 16.5. The summed E-state index contributed by atoms with van der Waals surface area (Å²) in [4.78, 5) is 44.1. The van der Waals surface area contributed by atoms with Crippen LogP contribution in [0.4, 0.5) is 10.3 Å². The highest BCUT2D eigenvalue weighted by atomic mass is 32.1. The van der Waals surface area contributed by atoms with E-state index < -0.39 is 23.1 Å². The van der Waals surface area contributed by atoms with E-state index in [0.29, 0.717) is 75.2 Å². The van der Waals surface area contributed by atoms with Crippen molar-refractivity contribution in [3.8, 4) is 34.3 Å². The van der Waals surface area contributed by atoms with Crippen molar-refractivity contribution in [2.45, 2.75) is 102 Å². The number of nitrogens with two attached hydrogens (primary N) is 2. The van der Waals surface area contributed by atoms with Crippen LogP contribution in [0, 0.1) is 0 Å². The molecule has 0 spiro atoms. The Morgan fingerprint density at radius 2 is 1.03 bits per heavy atom. The highest BCUT2D eigenvalue weighted by Gasteiger charge is 2.34. The van der Waals surface area contributed by atoms with Crippen molar-refractivity contribution in [1.82, 2.24) is 39.2 Å². The van der Waals surface area contributed by atoms with Crippen molar-refractivity contribution >= 4 is 54.8 Å². The van der Waals surface area contributed by atoms with Gasteiger partial charge in [-0.25, -0.2) is 29.0 Å². The Morgan fingerprint density at radius 3 is 1.33 bits per heavy atom. The molecule has 6 aromatic rings. The fraction of sp³-hybridized carbons (Fsp3) is 0.545. The van der Waals surface area contributed by atoms with Crippen LogP contribution in [0.1, 0.15) is 102 Å². The summed E-state index contributed by atoms with van der Waals surface area (Å²) in [6.07, 6.45) is 7.21. The van der Waals surface area contributed by atoms with Gasteiger partial charge < -0.3 is 51.2 Å². The van der Waals surface area contributed by atoms with E-state index in [1.165, 1.54) is 0 Å². The maximum Gasteiger partial charge on any atom is 0.303 e. The molecule has 0 amide bonds. The number of hydrogen-bond donors (Lipinski definition) is 6. The predicted octanol–water partition coefficient (Wildman–Crippen LogP) is 5.27. The van der Waals surface area contributed by atoms with Gasteiger partial charge in [0.15, 0.2) is 0 Å². The zero-order valence-electron chi connectivity index (χ0n) is 38.4. The van der Waals surface area contributed by atoms with E-state index in [4.69, 9.17) is 41.4 Å². The predicted molar refractivity (Wildman–Crippen MR) is 254 cm³/mol. The third kappa shape index (κ3) is 11.9. The van der Waals surface area contributed by atoms with Gasteiger partial charge in [-0.15, -0.1) is 10.2 Å². The Bertz CT molecular complexity index is 2380. The number of aromatic nitrogens is 8. The van der Waals surface area contributed by atoms with Crippen LogP contribution in [0.2, 0.25) is 0 Å². The van der Waals surface area contributed by atoms with Crippen LogP contribution in [0.25, 0.3) is 32.4 Å². The minimum atomic E-state index is -0.870. The maximum absolute atomic E-state index is 10.3. The van der Waals surface area contributed by atoms with Crippen LogP contribution in [0.15, 0.2) is 36.7 Å². The van der Waals surface area contributed by atoms with Crippen molar-refractivity contribution in [3.05, 3.63) is 48.0 Å². The normalized spacial score (nSPS) is 15.7. The number of methoxy groups -OCH3 is 2. The Labute approximate surface area is 391 Å². The summed E-state index contributed by atoms with van der Waals surface area (Å²) >= 11 is 3.08. The molecule has 66 heavy (non-hydrogen) atoms. The van der Waals surface area contributed by atoms with E-state index >= 15 is 0 Å². The van der Waals surface area contributed by atoms with Crippen molar-refractivity contribution < 1.29 is 39.5 Å². The van der Waals surface area contributed by atoms with E-state index in [2.05, 4.69) is 57.4 Å². The lowest BCUT2D eigenvalue weighted by Gasteiger charge is -2.37. The van der Waals surface area contributed by atoms with Crippen LogP contribution >= 0.6 is 22.7 Å². The van der Waals surface area contributed by atoms with Crippen molar-refractivity contribution in [2.24, 2.45) is 11.5 Å². The number of nitrogens with zero attached hydrogens (tertiary/aromatic N) is 10. The number of imidazole rings is 2. The molecule has 0 saturated carbocycles. The van der Waals surface area contributed by atoms with Crippen LogP contribution in [0.3, 0.4) is 0 Å². The average molecular weight is 951 g/mol. The quantitative estimate of drug-likeness (QED) is 0.0716. The molecule has 8 rings (SSSR count). The maximum atomic E-state index is 10.3. The van der Waals surface area contributed by atoms with Gasteiger partial charge in [-0.1, -0.05) is 50.4 Å². The smallest absolute Gasteiger partial charge is 0.303 e. The van der Waals surface area contributed by atoms with Crippen LogP contribution in [-0.2, 0) is 9.59 Å². The number of ether oxygens (including phenoxy) is 2. The molecule has 22 heteroatoms. The largest absolute Gasteiger partial charge is 0.481 e. The Morgan fingerprint density at radius 1 is 0.667 bits per heavy atom. The van der Waals surface area contributed by atoms with Crippen molar-refractivity contribution in [3.63, 3.8) is 0 Å². The zero-order chi connectivity index (χ0) is 47.8. The third-order valence-electron chi connectivity index (χ3n) is 11.8. The average Bonchev–Trinajstić information content (AvgIpc) is 4.11. The molecule has 20 nitrogen and oxygen atoms in total. The first kappa shape index (κ1) is 49.9. The summed E-state index contributed by atoms with van der Waals surface area (Å²) in [5, 5.41) is 48.3. The molecular formula is C44H62N12O8S2. The summed E-state index contributed by atoms with van der Waals surface area (Å²) in [5.41, 5.74) is 15.3. The van der Waals surface area contributed by atoms with Gasteiger partial charge in [0.25, 0.3) is 0 Å². The van der Waals surface area contributed by atoms with E-state index in [0.717, 1.165) is 80.3 Å². The second-order valence-electron chi connectivity index (χ2n) is 17.2. The van der Waals surface area contributed by atoms with Gasteiger partial charge in [-0.3, -0.25) is 9.59 Å². The molecule has 8 heterocycles. The number of carboxylic acids is 2. The first-order valence-corrected chi connectivity index (χ1v) is 23.7. The second-order valence-corrected chi connectivity index (χ2v) is 19.0. The number of carbonyl (C=O) groups is 2. The van der Waals surface area contributed by atoms with E-state index in [-0.39, 0.29) is 12.8 Å². The van der Waals surface area contributed by atoms with Crippen molar-refractivity contribution in [2.75, 3.05) is 63.3 Å². The van der Waals surface area contributed by atoms with Gasteiger partial charge in [0.1, 0.15) is 0 Å². The number of aliphatic hydroxyl groups is 2. The Hall–Kier alpha value is -5.52. The van der Waals surface area contributed by atoms with E-state index in [1.807, 2.05) is 33.3 Å². The fourth-order valence-electron chi connectivity index (χ4n) is 7.43. The van der Waals surface area contributed by atoms with Crippen LogP contribution in [-0.4, -0.2) is 136 Å². The Balaban J connectivity index is 0.000000182. The number of carboxylic acid groups (broad SMARTS) is 2. The van der Waals surface area contributed by atoms with Gasteiger partial charge in [0.2, 0.25) is 31.9 Å². The molecule has 2 saturated heterocycles. The molecule has 0 aliphatic carbocycles. The summed E-state index contributed by atoms with van der Waals surface area (Å²) in [7, 11) is 3.26. The number of hydrogen-bond acceptors (Lipinski definition) is 18. The molecular weight excluding hydrogens is 889 g/mol. The SMILES string of the molecule is COc1nc(C(C)C)ccc1-c1cnc2sc(N3CCC(O)(CN)CC3)nn12.COc1nc(C(C)C)ccc1-c1cnc2sc(N3CCC(O)(CN)CC3)nn12.O=C(O)CCCCC(=O)O. The fourth-order valence-corrected chi connectivity index (χ4v) is 9.29. The number of piperidine rings is 2. The van der Waals surface area contributed by atoms with Crippen molar-refractivity contribution in [1.29, 1.82) is 0 Å². The molecule has 2 fully saturated rings. The number of fused-ring (bicyclic) bond motifs is 2. The van der Waals surface area contributed by atoms with Gasteiger partial charge in [-0.2, -0.15) is 0 Å². The first-order chi connectivity index (χ1) is 31.5. The summed E-state index contributed by atoms with van der Waals surface area (Å²) in [5.74, 6) is 0.0638. The number of rotatable bonds is 15. The number of unbranched alkanes of at least 4 members (excludes halogenated alkanes) is 1. The lowest BCUT2D eigenvalue weighted by molar-refractivity contribution is -0.139. The summed E-state index contributed by atoms with van der Waals surface area (Å²) < 4.78 is 14.8. The molecule has 2 aliphatic rings. The summed E-state index contributed by atoms with van der Waals surface area (Å²) in [6, 6.07) is 8.08. The molecule has 0 unspecified atom stereocenters. The van der Waals surface area contributed by atoms with Gasteiger partial charge in [0, 0.05) is 63.5 Å². The molecule has 0 atom stereocenters. The molecule has 0 bridgehead atoms. The minimum Gasteiger partial charge on any atom is -0.481 e. The number of pyridine rings is 2. The zero-order valence-corrected chi connectivity index (χ0v) is 40.0. The third-order valence-corrected chi connectivity index (χ3v) is 13.7. The standard InChI is InChI=1S/2C19H26N6O2S.C6H10O4/c2*1-12(2)14-5-4-13(16(22-14)27-3)15-10-21-17-25(15)23-18(28-17)24-8-6-19(26,11-20)7-9-24;7-5(8)3-1-2-4-6(9)10/h2*4-5,10,12,26H,6-9,11,20H2,1-3H3;1-4H2,(H,7,8)(H,9,10). The first-order valence-electron chi connectivity index (χ1n) is 22.1. The molecule has 358 valence electrons. The van der Waals surface area contributed by atoms with Gasteiger partial charge in [-0.05, 0) is 74.6 Å². The number of anilines is 2. The highest BCUT2D eigenvalue weighted by molar-refractivity contribution is 7.20. The van der Waals surface area contributed by atoms with E-state index in [9.17, 15) is 19.8 Å². The highest BCUT2D eigenvalue weighted by Crippen LogP contribution is 2.36. The number of aliphatic carboxylic acids is 2. The molecule has 6 aromatic heterocycles. The van der Waals surface area contributed by atoms with E-state index in [1.54, 1.807) is 49.3 Å². The lowest BCUT2D eigenvalue weighted by atomic mass is 9.92.